The van der Waals surface area contributed by atoms with Crippen LogP contribution in [0, 0.1) is 0 Å². The number of carbonyl (C=O) groups is 1. The zero-order valence-corrected chi connectivity index (χ0v) is 25.9. The van der Waals surface area contributed by atoms with E-state index in [1.807, 2.05) is 0 Å². The Morgan fingerprint density at radius 3 is 2.60 bits per heavy atom. The van der Waals surface area contributed by atoms with Crippen LogP contribution < -0.4 is 4.74 Å². The Bertz CT molecular complexity index is 1400. The van der Waals surface area contributed by atoms with Crippen LogP contribution >= 0.6 is 0 Å². The molecule has 0 N–H and O–H groups in total. The van der Waals surface area contributed by atoms with Crippen LogP contribution in [0.4, 0.5) is 0 Å². The Morgan fingerprint density at radius 2 is 1.88 bits per heavy atom. The van der Waals surface area contributed by atoms with Crippen LogP contribution in [-0.2, 0) is 38.1 Å². The van der Waals surface area contributed by atoms with Crippen molar-refractivity contribution in [2.24, 2.45) is 0 Å². The average Bonchev–Trinajstić information content (AvgIpc) is 3.70. The first kappa shape index (κ1) is 28.1. The number of likely N-dealkylation sites (N-methyl/N-ethyl adjacent to an activating group) is 1. The predicted molar refractivity (Wildman–Crippen MR) is 158 cm³/mol. The fraction of sp³-hybridized carbons (Fsp3) is 0.758. The zero-order valence-electron chi connectivity index (χ0n) is 25.9. The van der Waals surface area contributed by atoms with Gasteiger partial charge >= 0.3 is 0 Å². The Hall–Kier alpha value is -2.40. The second-order valence-corrected chi connectivity index (χ2v) is 14.2. The maximum atomic E-state index is 13.3. The highest BCUT2D eigenvalue weighted by atomic mass is 16.5. The van der Waals surface area contributed by atoms with E-state index in [9.17, 15) is 4.79 Å². The van der Waals surface area contributed by atoms with E-state index in [0.717, 1.165) is 107 Å². The van der Waals surface area contributed by atoms with Gasteiger partial charge in [-0.3, -0.25) is 14.6 Å². The van der Waals surface area contributed by atoms with E-state index in [1.54, 1.807) is 0 Å². The third-order valence-corrected chi connectivity index (χ3v) is 11.8. The zero-order chi connectivity index (χ0) is 29.3. The Morgan fingerprint density at radius 1 is 1.02 bits per heavy atom. The SMILES string of the molecule is C[C@H](Oc1nc(-c2noc3c2CCC[C@@]32CCCCC2=O)nc2c1CN(C1COC1)C[C@]21CCOC1)[C@@H]1CC[C@H](C)N1C. The van der Waals surface area contributed by atoms with Gasteiger partial charge in [0.2, 0.25) is 5.88 Å². The molecule has 0 radical (unpaired) electrons. The number of ether oxygens (including phenoxy) is 3. The molecule has 43 heavy (non-hydrogen) atoms. The molecule has 6 aliphatic rings. The number of carbonyl (C=O) groups excluding carboxylic acids is 1. The average molecular weight is 592 g/mol. The lowest BCUT2D eigenvalue weighted by Crippen LogP contribution is -2.56. The molecule has 1 saturated carbocycles. The monoisotopic (exact) mass is 591 g/mol. The molecule has 0 amide bonds. The Kier molecular flexibility index (Phi) is 6.93. The van der Waals surface area contributed by atoms with Crippen LogP contribution in [0.25, 0.3) is 11.5 Å². The van der Waals surface area contributed by atoms with Gasteiger partial charge in [0.1, 0.15) is 11.9 Å². The molecule has 10 heteroatoms. The number of Topliss-reactive ketones (excluding diaryl/α,β-unsaturated/α-hetero) is 1. The molecule has 2 spiro atoms. The molecule has 4 fully saturated rings. The van der Waals surface area contributed by atoms with Gasteiger partial charge < -0.3 is 18.7 Å². The number of nitrogens with zero attached hydrogens (tertiary/aromatic N) is 5. The minimum absolute atomic E-state index is 0.0330. The van der Waals surface area contributed by atoms with Crippen LogP contribution in [0.5, 0.6) is 5.88 Å². The molecule has 3 saturated heterocycles. The van der Waals surface area contributed by atoms with Gasteiger partial charge in [0.25, 0.3) is 0 Å². The molecule has 0 bridgehead atoms. The molecule has 5 atom stereocenters. The fourth-order valence-corrected chi connectivity index (χ4v) is 8.92. The van der Waals surface area contributed by atoms with Crippen LogP contribution in [-0.4, -0.2) is 95.0 Å². The van der Waals surface area contributed by atoms with Crippen LogP contribution in [0.15, 0.2) is 4.52 Å². The number of ketones is 1. The summed E-state index contributed by atoms with van der Waals surface area (Å²) in [4.78, 5) is 28.8. The minimum Gasteiger partial charge on any atom is -0.473 e. The highest BCUT2D eigenvalue weighted by Gasteiger charge is 2.51. The third kappa shape index (κ3) is 4.42. The van der Waals surface area contributed by atoms with E-state index in [1.165, 1.54) is 6.42 Å². The summed E-state index contributed by atoms with van der Waals surface area (Å²) >= 11 is 0. The first-order valence-electron chi connectivity index (χ1n) is 16.6. The summed E-state index contributed by atoms with van der Waals surface area (Å²) in [5.74, 6) is 2.30. The molecule has 4 aliphatic heterocycles. The molecular formula is C33H45N5O5. The summed E-state index contributed by atoms with van der Waals surface area (Å²) < 4.78 is 24.7. The van der Waals surface area contributed by atoms with Crippen molar-refractivity contribution in [2.75, 3.05) is 40.0 Å². The van der Waals surface area contributed by atoms with Gasteiger partial charge in [-0.05, 0) is 72.3 Å². The number of hydrogen-bond acceptors (Lipinski definition) is 10. The van der Waals surface area contributed by atoms with Gasteiger partial charge in [-0.25, -0.2) is 4.98 Å². The number of likely N-dealkylation sites (tertiary alicyclic amines) is 1. The summed E-state index contributed by atoms with van der Waals surface area (Å²) in [5, 5.41) is 4.63. The lowest BCUT2D eigenvalue weighted by Gasteiger charge is -2.46. The van der Waals surface area contributed by atoms with Crippen molar-refractivity contribution in [1.29, 1.82) is 0 Å². The van der Waals surface area contributed by atoms with E-state index in [-0.39, 0.29) is 11.5 Å². The number of fused-ring (bicyclic) bond motifs is 4. The summed E-state index contributed by atoms with van der Waals surface area (Å²) in [6.07, 6.45) is 9.25. The predicted octanol–water partition coefficient (Wildman–Crippen LogP) is 3.97. The minimum atomic E-state index is -0.533. The van der Waals surface area contributed by atoms with Crippen molar-refractivity contribution in [3.63, 3.8) is 0 Å². The van der Waals surface area contributed by atoms with Crippen molar-refractivity contribution in [3.8, 4) is 17.4 Å². The molecule has 2 aromatic heterocycles. The summed E-state index contributed by atoms with van der Waals surface area (Å²) in [6.45, 7) is 8.95. The maximum Gasteiger partial charge on any atom is 0.222 e. The quantitative estimate of drug-likeness (QED) is 0.508. The second kappa shape index (κ2) is 10.6. The molecular weight excluding hydrogens is 546 g/mol. The molecule has 0 unspecified atom stereocenters. The van der Waals surface area contributed by atoms with Gasteiger partial charge in [0, 0.05) is 43.8 Å². The molecule has 0 aromatic carbocycles. The van der Waals surface area contributed by atoms with E-state index in [0.29, 0.717) is 54.3 Å². The summed E-state index contributed by atoms with van der Waals surface area (Å²) in [5.41, 5.74) is 3.05. The van der Waals surface area contributed by atoms with E-state index in [4.69, 9.17) is 28.7 Å². The van der Waals surface area contributed by atoms with Crippen molar-refractivity contribution < 1.29 is 23.5 Å². The smallest absolute Gasteiger partial charge is 0.222 e. The van der Waals surface area contributed by atoms with Crippen molar-refractivity contribution in [3.05, 3.63) is 22.6 Å². The van der Waals surface area contributed by atoms with E-state index < -0.39 is 5.41 Å². The van der Waals surface area contributed by atoms with Crippen LogP contribution in [0.3, 0.4) is 0 Å². The molecule has 2 aliphatic carbocycles. The first-order chi connectivity index (χ1) is 20.9. The molecule has 6 heterocycles. The summed E-state index contributed by atoms with van der Waals surface area (Å²) in [6, 6.07) is 1.25. The van der Waals surface area contributed by atoms with Gasteiger partial charge in [0.15, 0.2) is 17.3 Å². The van der Waals surface area contributed by atoms with Gasteiger partial charge in [-0.1, -0.05) is 11.6 Å². The van der Waals surface area contributed by atoms with E-state index >= 15 is 0 Å². The Balaban J connectivity index is 1.24. The lowest BCUT2D eigenvalue weighted by molar-refractivity contribution is -0.128. The molecule has 232 valence electrons. The number of rotatable bonds is 5. The fourth-order valence-electron chi connectivity index (χ4n) is 8.92. The third-order valence-electron chi connectivity index (χ3n) is 11.8. The lowest BCUT2D eigenvalue weighted by atomic mass is 9.64. The largest absolute Gasteiger partial charge is 0.473 e. The molecule has 10 nitrogen and oxygen atoms in total. The number of hydrogen-bond donors (Lipinski definition) is 0. The normalized spacial score (nSPS) is 34.0. The van der Waals surface area contributed by atoms with Gasteiger partial charge in [0.05, 0.1) is 47.9 Å². The number of aromatic nitrogens is 3. The second-order valence-electron chi connectivity index (χ2n) is 14.2. The standard InChI is InChI=1S/C33H45N5O5/c1-20-9-10-25(37(20)3)21(2)42-31-24-15-38(22-16-41-17-22)18-32(13-14-40-19-32)28(24)34-30(35-31)27-23-7-6-12-33(29(23)43-36-27)11-5-4-8-26(33)39/h20-22,25H,4-19H2,1-3H3/t20-,21-,25-,32-,33+/m0/s1. The first-order valence-corrected chi connectivity index (χ1v) is 16.6. The molecule has 2 aromatic rings. The summed E-state index contributed by atoms with van der Waals surface area (Å²) in [7, 11) is 2.20. The van der Waals surface area contributed by atoms with Crippen LogP contribution in [0.2, 0.25) is 0 Å². The molecule has 8 rings (SSSR count). The van der Waals surface area contributed by atoms with Crippen molar-refractivity contribution >= 4 is 5.78 Å². The Labute approximate surface area is 253 Å². The topological polar surface area (TPSA) is 103 Å². The maximum absolute atomic E-state index is 13.3. The van der Waals surface area contributed by atoms with Gasteiger partial charge in [-0.15, -0.1) is 0 Å². The van der Waals surface area contributed by atoms with Gasteiger partial charge in [-0.2, -0.15) is 4.98 Å². The van der Waals surface area contributed by atoms with Crippen molar-refractivity contribution in [2.45, 2.75) is 120 Å². The van der Waals surface area contributed by atoms with Crippen LogP contribution in [0.1, 0.15) is 94.2 Å². The van der Waals surface area contributed by atoms with E-state index in [2.05, 4.69) is 35.9 Å². The highest BCUT2D eigenvalue weighted by molar-refractivity contribution is 5.91. The highest BCUT2D eigenvalue weighted by Crippen LogP contribution is 2.49. The van der Waals surface area contributed by atoms with Crippen molar-refractivity contribution in [1.82, 2.24) is 24.9 Å².